The second-order valence-electron chi connectivity index (χ2n) is 6.23. The van der Waals surface area contributed by atoms with Crippen LogP contribution in [0.5, 0.6) is 0 Å². The van der Waals surface area contributed by atoms with Crippen LogP contribution in [-0.2, 0) is 5.60 Å². The van der Waals surface area contributed by atoms with E-state index in [4.69, 9.17) is 11.6 Å². The monoisotopic (exact) mass is 374 g/mol. The predicted octanol–water partition coefficient (Wildman–Crippen LogP) is 4.15. The Hall–Kier alpha value is -1.79. The number of nitrogens with zero attached hydrogens (tertiary/aromatic N) is 2. The molecule has 25 heavy (non-hydrogen) atoms. The summed E-state index contributed by atoms with van der Waals surface area (Å²) < 4.78 is 0. The van der Waals surface area contributed by atoms with Gasteiger partial charge < -0.3 is 10.2 Å². The highest BCUT2D eigenvalue weighted by atomic mass is 35.5. The Morgan fingerprint density at radius 3 is 2.68 bits per heavy atom. The Balaban J connectivity index is 2.01. The molecule has 0 fully saturated rings. The minimum Gasteiger partial charge on any atom is -0.383 e. The smallest absolute Gasteiger partial charge is 0.138 e. The van der Waals surface area contributed by atoms with Crippen molar-refractivity contribution in [3.63, 3.8) is 0 Å². The molecular formula is C19H19ClN2O2S. The van der Waals surface area contributed by atoms with Crippen molar-refractivity contribution in [1.29, 1.82) is 0 Å². The molecule has 6 heteroatoms. The Bertz CT molecular complexity index is 908. The van der Waals surface area contributed by atoms with Crippen molar-refractivity contribution in [3.8, 4) is 0 Å². The summed E-state index contributed by atoms with van der Waals surface area (Å²) in [6, 6.07) is 9.62. The third-order valence-electron chi connectivity index (χ3n) is 4.30. The van der Waals surface area contributed by atoms with Crippen LogP contribution >= 0.6 is 22.9 Å². The molecular weight excluding hydrogens is 356 g/mol. The number of rotatable bonds is 4. The molecule has 2 aromatic heterocycles. The molecule has 0 saturated carbocycles. The van der Waals surface area contributed by atoms with Gasteiger partial charge in [0.15, 0.2) is 0 Å². The van der Waals surface area contributed by atoms with Crippen molar-refractivity contribution in [3.05, 3.63) is 80.0 Å². The number of aromatic nitrogens is 2. The minimum atomic E-state index is -1.15. The number of aryl methyl sites for hydroxylation is 2. The highest BCUT2D eigenvalue weighted by Gasteiger charge is 2.30. The zero-order chi connectivity index (χ0) is 18.2. The van der Waals surface area contributed by atoms with Crippen molar-refractivity contribution in [2.75, 3.05) is 0 Å². The first kappa shape index (κ1) is 18.0. The zero-order valence-electron chi connectivity index (χ0n) is 14.2. The molecule has 0 aliphatic carbocycles. The maximum absolute atomic E-state index is 11.2. The lowest BCUT2D eigenvalue weighted by molar-refractivity contribution is 0.102. The third-order valence-corrected chi connectivity index (χ3v) is 5.71. The van der Waals surface area contributed by atoms with Crippen LogP contribution in [0, 0.1) is 13.8 Å². The van der Waals surface area contributed by atoms with Gasteiger partial charge in [0.05, 0.1) is 0 Å². The van der Waals surface area contributed by atoms with Crippen LogP contribution in [0.25, 0.3) is 0 Å². The van der Waals surface area contributed by atoms with Gasteiger partial charge >= 0.3 is 0 Å². The molecule has 0 saturated heterocycles. The van der Waals surface area contributed by atoms with Gasteiger partial charge in [-0.05, 0) is 32.4 Å². The lowest BCUT2D eigenvalue weighted by atomic mass is 9.87. The van der Waals surface area contributed by atoms with Gasteiger partial charge in [-0.15, -0.1) is 11.3 Å². The molecule has 2 N–H and O–H groups in total. The molecule has 0 bridgehead atoms. The van der Waals surface area contributed by atoms with Gasteiger partial charge in [-0.25, -0.2) is 9.97 Å². The molecule has 0 aliphatic rings. The molecule has 1 aromatic carbocycles. The predicted molar refractivity (Wildman–Crippen MR) is 100 cm³/mol. The average molecular weight is 375 g/mol. The third kappa shape index (κ3) is 3.46. The SMILES string of the molecule is Cc1cccc(C(C)(O)c2cc(C(O)c3cncnc3Cl)sc2C)c1. The zero-order valence-corrected chi connectivity index (χ0v) is 15.8. The number of thiophene rings is 1. The van der Waals surface area contributed by atoms with Crippen molar-refractivity contribution < 1.29 is 10.2 Å². The van der Waals surface area contributed by atoms with E-state index in [9.17, 15) is 10.2 Å². The first-order valence-corrected chi connectivity index (χ1v) is 9.04. The van der Waals surface area contributed by atoms with Gasteiger partial charge in [0.1, 0.15) is 23.2 Å². The molecule has 4 nitrogen and oxygen atoms in total. The number of benzene rings is 1. The van der Waals surface area contributed by atoms with E-state index in [1.54, 1.807) is 6.92 Å². The summed E-state index contributed by atoms with van der Waals surface area (Å²) in [5.74, 6) is 0. The standard InChI is InChI=1S/C19H19ClN2O2S/c1-11-5-4-6-13(7-11)19(3,24)15-8-16(25-12(15)2)17(23)14-9-21-10-22-18(14)20/h4-10,17,23-24H,1-3H3. The van der Waals surface area contributed by atoms with Crippen molar-refractivity contribution in [2.45, 2.75) is 32.5 Å². The van der Waals surface area contributed by atoms with E-state index in [1.165, 1.54) is 23.9 Å². The summed E-state index contributed by atoms with van der Waals surface area (Å²) in [6.45, 7) is 5.70. The summed E-state index contributed by atoms with van der Waals surface area (Å²) >= 11 is 7.49. The maximum Gasteiger partial charge on any atom is 0.138 e. The molecule has 0 amide bonds. The Kier molecular flexibility index (Phi) is 4.93. The van der Waals surface area contributed by atoms with Crippen LogP contribution < -0.4 is 0 Å². The summed E-state index contributed by atoms with van der Waals surface area (Å²) in [4.78, 5) is 9.47. The highest BCUT2D eigenvalue weighted by molar-refractivity contribution is 7.12. The van der Waals surface area contributed by atoms with Crippen LogP contribution in [-0.4, -0.2) is 20.2 Å². The number of aliphatic hydroxyl groups is 2. The minimum absolute atomic E-state index is 0.223. The van der Waals surface area contributed by atoms with Gasteiger partial charge in [0.25, 0.3) is 0 Å². The Morgan fingerprint density at radius 2 is 2.00 bits per heavy atom. The van der Waals surface area contributed by atoms with E-state index in [0.717, 1.165) is 21.6 Å². The molecule has 0 radical (unpaired) electrons. The van der Waals surface area contributed by atoms with Crippen LogP contribution in [0.4, 0.5) is 0 Å². The normalized spacial score (nSPS) is 15.0. The molecule has 130 valence electrons. The number of hydrogen-bond donors (Lipinski definition) is 2. The van der Waals surface area contributed by atoms with E-state index >= 15 is 0 Å². The number of aliphatic hydroxyl groups excluding tert-OH is 1. The largest absolute Gasteiger partial charge is 0.383 e. The number of hydrogen-bond acceptors (Lipinski definition) is 5. The lowest BCUT2D eigenvalue weighted by Gasteiger charge is -2.24. The van der Waals surface area contributed by atoms with E-state index < -0.39 is 11.7 Å². The molecule has 2 atom stereocenters. The first-order chi connectivity index (χ1) is 11.8. The first-order valence-electron chi connectivity index (χ1n) is 7.84. The maximum atomic E-state index is 11.2. The fourth-order valence-electron chi connectivity index (χ4n) is 2.89. The van der Waals surface area contributed by atoms with Crippen LogP contribution in [0.1, 0.15) is 45.0 Å². The quantitative estimate of drug-likeness (QED) is 0.673. The molecule has 3 aromatic rings. The van der Waals surface area contributed by atoms with Crippen molar-refractivity contribution in [1.82, 2.24) is 9.97 Å². The second kappa shape index (κ2) is 6.84. The van der Waals surface area contributed by atoms with E-state index in [2.05, 4.69) is 9.97 Å². The molecule has 0 aliphatic heterocycles. The second-order valence-corrected chi connectivity index (χ2v) is 7.88. The van der Waals surface area contributed by atoms with Gasteiger partial charge in [0, 0.05) is 27.1 Å². The van der Waals surface area contributed by atoms with E-state index in [1.807, 2.05) is 44.2 Å². The lowest BCUT2D eigenvalue weighted by Crippen LogP contribution is -2.23. The van der Waals surface area contributed by atoms with Crippen molar-refractivity contribution >= 4 is 22.9 Å². The highest BCUT2D eigenvalue weighted by Crippen LogP contribution is 2.39. The van der Waals surface area contributed by atoms with Crippen LogP contribution in [0.3, 0.4) is 0 Å². The Morgan fingerprint density at radius 1 is 1.24 bits per heavy atom. The van der Waals surface area contributed by atoms with Gasteiger partial charge in [-0.2, -0.15) is 0 Å². The summed E-state index contributed by atoms with van der Waals surface area (Å²) in [6.07, 6.45) is 1.92. The average Bonchev–Trinajstić information content (AvgIpc) is 2.97. The van der Waals surface area contributed by atoms with Crippen molar-refractivity contribution in [2.24, 2.45) is 0 Å². The summed E-state index contributed by atoms with van der Waals surface area (Å²) in [5.41, 5.74) is 1.97. The molecule has 3 rings (SSSR count). The Labute approximate surface area is 155 Å². The van der Waals surface area contributed by atoms with Gasteiger partial charge in [0.2, 0.25) is 0 Å². The van der Waals surface area contributed by atoms with E-state index in [-0.39, 0.29) is 5.15 Å². The van der Waals surface area contributed by atoms with Gasteiger partial charge in [-0.3, -0.25) is 0 Å². The molecule has 2 unspecified atom stereocenters. The summed E-state index contributed by atoms with van der Waals surface area (Å²) in [7, 11) is 0. The molecule has 2 heterocycles. The van der Waals surface area contributed by atoms with E-state index in [0.29, 0.717) is 10.4 Å². The summed E-state index contributed by atoms with van der Waals surface area (Å²) in [5, 5.41) is 22.0. The topological polar surface area (TPSA) is 66.2 Å². The fraction of sp³-hybridized carbons (Fsp3) is 0.263. The number of halogens is 1. The van der Waals surface area contributed by atoms with Crippen LogP contribution in [0.2, 0.25) is 5.15 Å². The fourth-order valence-corrected chi connectivity index (χ4v) is 4.22. The van der Waals surface area contributed by atoms with Gasteiger partial charge in [-0.1, -0.05) is 41.4 Å². The van der Waals surface area contributed by atoms with Crippen LogP contribution in [0.15, 0.2) is 42.9 Å². The molecule has 0 spiro atoms.